The van der Waals surface area contributed by atoms with E-state index in [-0.39, 0.29) is 11.8 Å². The van der Waals surface area contributed by atoms with Crippen molar-refractivity contribution >= 4 is 5.91 Å². The number of para-hydroxylation sites is 1. The lowest BCUT2D eigenvalue weighted by molar-refractivity contribution is -0.133. The second-order valence-electron chi connectivity index (χ2n) is 4.87. The molecule has 0 aromatic heterocycles. The SMILES string of the molecule is CCCN(CCCN)C(=O)C1COc2ccccc21. The van der Waals surface area contributed by atoms with Crippen LogP contribution in [0.1, 0.15) is 31.2 Å². The summed E-state index contributed by atoms with van der Waals surface area (Å²) in [6.45, 7) is 4.69. The summed E-state index contributed by atoms with van der Waals surface area (Å²) in [7, 11) is 0. The van der Waals surface area contributed by atoms with Crippen LogP contribution in [0, 0.1) is 0 Å². The number of nitrogens with zero attached hydrogens (tertiary/aromatic N) is 1. The number of fused-ring (bicyclic) bond motifs is 1. The Balaban J connectivity index is 2.10. The highest BCUT2D eigenvalue weighted by atomic mass is 16.5. The number of benzene rings is 1. The largest absolute Gasteiger partial charge is 0.492 e. The van der Waals surface area contributed by atoms with E-state index >= 15 is 0 Å². The number of carbonyl (C=O) groups is 1. The molecule has 0 spiro atoms. The average molecular weight is 262 g/mol. The van der Waals surface area contributed by atoms with E-state index in [1.807, 2.05) is 29.2 Å². The van der Waals surface area contributed by atoms with Crippen molar-refractivity contribution in [2.24, 2.45) is 5.73 Å². The Labute approximate surface area is 114 Å². The minimum Gasteiger partial charge on any atom is -0.492 e. The zero-order valence-corrected chi connectivity index (χ0v) is 11.5. The molecule has 1 amide bonds. The lowest BCUT2D eigenvalue weighted by Crippen LogP contribution is -2.37. The average Bonchev–Trinajstić information content (AvgIpc) is 2.86. The van der Waals surface area contributed by atoms with Crippen LogP contribution in [0.25, 0.3) is 0 Å². The lowest BCUT2D eigenvalue weighted by Gasteiger charge is -2.24. The first kappa shape index (κ1) is 13.9. The van der Waals surface area contributed by atoms with Crippen LogP contribution in [0.5, 0.6) is 5.75 Å². The van der Waals surface area contributed by atoms with Gasteiger partial charge in [-0.05, 0) is 25.5 Å². The van der Waals surface area contributed by atoms with E-state index in [4.69, 9.17) is 10.5 Å². The van der Waals surface area contributed by atoms with Crippen LogP contribution >= 0.6 is 0 Å². The van der Waals surface area contributed by atoms with Gasteiger partial charge in [0.05, 0.1) is 0 Å². The molecule has 4 heteroatoms. The van der Waals surface area contributed by atoms with Gasteiger partial charge in [0.1, 0.15) is 18.3 Å². The fourth-order valence-corrected chi connectivity index (χ4v) is 2.47. The van der Waals surface area contributed by atoms with Crippen molar-refractivity contribution in [3.05, 3.63) is 29.8 Å². The van der Waals surface area contributed by atoms with Crippen molar-refractivity contribution in [3.8, 4) is 5.75 Å². The molecule has 0 aliphatic carbocycles. The van der Waals surface area contributed by atoms with Crippen molar-refractivity contribution in [1.29, 1.82) is 0 Å². The highest BCUT2D eigenvalue weighted by molar-refractivity contribution is 5.85. The highest BCUT2D eigenvalue weighted by Gasteiger charge is 2.32. The van der Waals surface area contributed by atoms with Crippen LogP contribution in [0.15, 0.2) is 24.3 Å². The van der Waals surface area contributed by atoms with E-state index in [0.29, 0.717) is 13.2 Å². The summed E-state index contributed by atoms with van der Waals surface area (Å²) < 4.78 is 5.59. The minimum atomic E-state index is -0.152. The maximum absolute atomic E-state index is 12.6. The maximum atomic E-state index is 12.6. The van der Waals surface area contributed by atoms with Gasteiger partial charge in [-0.1, -0.05) is 25.1 Å². The van der Waals surface area contributed by atoms with Crippen molar-refractivity contribution in [1.82, 2.24) is 4.90 Å². The van der Waals surface area contributed by atoms with Gasteiger partial charge in [-0.25, -0.2) is 0 Å². The molecule has 1 atom stereocenters. The van der Waals surface area contributed by atoms with E-state index in [1.54, 1.807) is 0 Å². The monoisotopic (exact) mass is 262 g/mol. The zero-order chi connectivity index (χ0) is 13.7. The maximum Gasteiger partial charge on any atom is 0.233 e. The number of hydrogen-bond donors (Lipinski definition) is 1. The summed E-state index contributed by atoms with van der Waals surface area (Å²) in [5, 5.41) is 0. The third-order valence-corrected chi connectivity index (χ3v) is 3.44. The van der Waals surface area contributed by atoms with Gasteiger partial charge in [-0.15, -0.1) is 0 Å². The molecule has 0 fully saturated rings. The third kappa shape index (κ3) is 3.07. The molecule has 1 heterocycles. The Bertz CT molecular complexity index is 434. The quantitative estimate of drug-likeness (QED) is 0.849. The molecule has 0 bridgehead atoms. The summed E-state index contributed by atoms with van der Waals surface area (Å²) in [4.78, 5) is 14.5. The topological polar surface area (TPSA) is 55.6 Å². The normalized spacial score (nSPS) is 16.8. The summed E-state index contributed by atoms with van der Waals surface area (Å²) >= 11 is 0. The van der Waals surface area contributed by atoms with Crippen LogP contribution in [0.3, 0.4) is 0 Å². The van der Waals surface area contributed by atoms with Gasteiger partial charge in [0.25, 0.3) is 0 Å². The predicted octanol–water partition coefficient (Wildman–Crippen LogP) is 1.75. The molecule has 19 heavy (non-hydrogen) atoms. The van der Waals surface area contributed by atoms with Gasteiger partial charge in [0.2, 0.25) is 5.91 Å². The van der Waals surface area contributed by atoms with Crippen LogP contribution in [0.2, 0.25) is 0 Å². The first-order chi connectivity index (χ1) is 9.27. The molecular weight excluding hydrogens is 240 g/mol. The van der Waals surface area contributed by atoms with Gasteiger partial charge < -0.3 is 15.4 Å². The Morgan fingerprint density at radius 2 is 2.21 bits per heavy atom. The number of amides is 1. The standard InChI is InChI=1S/C15H22N2O2/c1-2-9-17(10-5-8-16)15(18)13-11-19-14-7-4-3-6-12(13)14/h3-4,6-7,13H,2,5,8-11,16H2,1H3. The third-order valence-electron chi connectivity index (χ3n) is 3.44. The Morgan fingerprint density at radius 1 is 1.42 bits per heavy atom. The van der Waals surface area contributed by atoms with Crippen molar-refractivity contribution in [3.63, 3.8) is 0 Å². The summed E-state index contributed by atoms with van der Waals surface area (Å²) in [6, 6.07) is 7.80. The summed E-state index contributed by atoms with van der Waals surface area (Å²) in [5.41, 5.74) is 6.56. The first-order valence-electron chi connectivity index (χ1n) is 6.98. The molecule has 1 aromatic rings. The second kappa shape index (κ2) is 6.57. The zero-order valence-electron chi connectivity index (χ0n) is 11.5. The Kier molecular flexibility index (Phi) is 4.80. The van der Waals surface area contributed by atoms with E-state index in [1.165, 1.54) is 0 Å². The van der Waals surface area contributed by atoms with E-state index in [0.717, 1.165) is 37.2 Å². The number of ether oxygens (including phenoxy) is 1. The molecule has 1 aliphatic heterocycles. The molecule has 1 aromatic carbocycles. The summed E-state index contributed by atoms with van der Waals surface area (Å²) in [6.07, 6.45) is 1.81. The van der Waals surface area contributed by atoms with Crippen LogP contribution in [-0.4, -0.2) is 37.0 Å². The number of carbonyl (C=O) groups excluding carboxylic acids is 1. The fourth-order valence-electron chi connectivity index (χ4n) is 2.47. The van der Waals surface area contributed by atoms with Gasteiger partial charge >= 0.3 is 0 Å². The highest BCUT2D eigenvalue weighted by Crippen LogP contribution is 2.34. The van der Waals surface area contributed by atoms with Gasteiger partial charge in [-0.3, -0.25) is 4.79 Å². The first-order valence-corrected chi connectivity index (χ1v) is 6.98. The van der Waals surface area contributed by atoms with Gasteiger partial charge in [-0.2, -0.15) is 0 Å². The molecule has 2 N–H and O–H groups in total. The van der Waals surface area contributed by atoms with Crippen molar-refractivity contribution < 1.29 is 9.53 Å². The second-order valence-corrected chi connectivity index (χ2v) is 4.87. The molecule has 104 valence electrons. The number of rotatable bonds is 6. The fraction of sp³-hybridized carbons (Fsp3) is 0.533. The number of hydrogen-bond acceptors (Lipinski definition) is 3. The van der Waals surface area contributed by atoms with E-state index in [2.05, 4.69) is 6.92 Å². The van der Waals surface area contributed by atoms with Crippen molar-refractivity contribution in [2.75, 3.05) is 26.2 Å². The lowest BCUT2D eigenvalue weighted by atomic mass is 9.99. The van der Waals surface area contributed by atoms with Crippen LogP contribution in [0.4, 0.5) is 0 Å². The smallest absolute Gasteiger partial charge is 0.233 e. The Morgan fingerprint density at radius 3 is 2.95 bits per heavy atom. The molecule has 2 rings (SSSR count). The molecular formula is C15H22N2O2. The van der Waals surface area contributed by atoms with Crippen molar-refractivity contribution in [2.45, 2.75) is 25.7 Å². The van der Waals surface area contributed by atoms with Crippen LogP contribution < -0.4 is 10.5 Å². The van der Waals surface area contributed by atoms with E-state index < -0.39 is 0 Å². The molecule has 4 nitrogen and oxygen atoms in total. The molecule has 1 unspecified atom stereocenters. The molecule has 1 aliphatic rings. The van der Waals surface area contributed by atoms with Gasteiger partial charge in [0.15, 0.2) is 0 Å². The molecule has 0 radical (unpaired) electrons. The predicted molar refractivity (Wildman–Crippen MR) is 75.2 cm³/mol. The molecule has 0 saturated heterocycles. The van der Waals surface area contributed by atoms with Crippen LogP contribution in [-0.2, 0) is 4.79 Å². The number of nitrogens with two attached hydrogens (primary N) is 1. The summed E-state index contributed by atoms with van der Waals surface area (Å²) in [5.74, 6) is 0.858. The van der Waals surface area contributed by atoms with Gasteiger partial charge in [0, 0.05) is 18.7 Å². The Hall–Kier alpha value is -1.55. The molecule has 0 saturated carbocycles. The minimum absolute atomic E-state index is 0.152. The van der Waals surface area contributed by atoms with E-state index in [9.17, 15) is 4.79 Å².